The average Bonchev–Trinajstić information content (AvgIpc) is 3.19. The van der Waals surface area contributed by atoms with Crippen LogP contribution >= 0.6 is 0 Å². The van der Waals surface area contributed by atoms with Crippen molar-refractivity contribution in [3.8, 4) is 11.5 Å². The van der Waals surface area contributed by atoms with Gasteiger partial charge in [-0.3, -0.25) is 28.8 Å². The Kier molecular flexibility index (Phi) is 18.4. The van der Waals surface area contributed by atoms with Crippen LogP contribution in [0.5, 0.6) is 11.5 Å². The number of benzene rings is 3. The fourth-order valence-electron chi connectivity index (χ4n) is 7.23. The first-order valence-electron chi connectivity index (χ1n) is 20.8. The number of fused-ring (bicyclic) bond motifs is 4. The first kappa shape index (κ1) is 47.1. The highest BCUT2D eigenvalue weighted by Gasteiger charge is 2.42. The molecule has 0 spiro atoms. The van der Waals surface area contributed by atoms with Crippen LogP contribution in [0.15, 0.2) is 66.3 Å². The van der Waals surface area contributed by atoms with E-state index in [1.54, 1.807) is 13.0 Å². The van der Waals surface area contributed by atoms with E-state index in [1.165, 1.54) is 146 Å². The zero-order chi connectivity index (χ0) is 43.1. The summed E-state index contributed by atoms with van der Waals surface area (Å²) in [6.07, 6.45) is 20.0. The molecule has 0 fully saturated rings. The molecule has 0 aliphatic heterocycles. The summed E-state index contributed by atoms with van der Waals surface area (Å²) < 4.78 is 0. The van der Waals surface area contributed by atoms with Crippen LogP contribution < -0.4 is 0 Å². The SMILES string of the molecule is CC(=O)c1cc2c(cc1C)C(=O)c1cccc(O)c1C2=O.CC(=O)c1cc2c(cc1O)C(=O)C1=CC=CC(=O)[C@H]1[C@H]2O.CCCCCCCC.CCCCCCCC. The molecule has 9 nitrogen and oxygen atoms in total. The van der Waals surface area contributed by atoms with Gasteiger partial charge in [-0.05, 0) is 68.3 Å². The van der Waals surface area contributed by atoms with E-state index < -0.39 is 23.6 Å². The lowest BCUT2D eigenvalue weighted by Gasteiger charge is -2.31. The molecule has 0 amide bonds. The second-order valence-electron chi connectivity index (χ2n) is 15.1. The van der Waals surface area contributed by atoms with E-state index in [1.807, 2.05) is 0 Å². The first-order chi connectivity index (χ1) is 27.7. The number of phenolic OH excluding ortho intramolecular Hbond substituents is 2. The number of ketones is 6. The molecule has 3 N–H and O–H groups in total. The molecule has 0 saturated carbocycles. The monoisotopic (exact) mass is 792 g/mol. The standard InChI is InChI=1S/C17H12O4.C16H12O5.2C8H18/c1-8-6-12-13(7-11(8)9(2)18)17(21)15-10(16(12)20)4-3-5-14(15)19;1-7(17)9-5-10-11(6-13(9)19)15(20)8-3-2-4-12(18)14(8)16(10)21;2*1-3-5-7-8-6-4-2/h3-7,19H,1-2H3;2-6,14,16,19,21H,1H3;2*3-8H2,1-2H3/t;14-,16-;;/m.0../s1. The third-order valence-corrected chi connectivity index (χ3v) is 10.5. The van der Waals surface area contributed by atoms with Gasteiger partial charge in [-0.2, -0.15) is 0 Å². The van der Waals surface area contributed by atoms with Crippen LogP contribution in [0.1, 0.15) is 199 Å². The fourth-order valence-corrected chi connectivity index (χ4v) is 7.23. The van der Waals surface area contributed by atoms with Crippen molar-refractivity contribution >= 4 is 34.7 Å². The summed E-state index contributed by atoms with van der Waals surface area (Å²) in [6.45, 7) is 13.4. The van der Waals surface area contributed by atoms with E-state index in [4.69, 9.17) is 0 Å². The maximum atomic E-state index is 12.5. The largest absolute Gasteiger partial charge is 0.507 e. The molecule has 0 aromatic heterocycles. The van der Waals surface area contributed by atoms with E-state index in [0.29, 0.717) is 11.1 Å². The summed E-state index contributed by atoms with van der Waals surface area (Å²) in [5.74, 6) is -3.53. The Morgan fingerprint density at radius 2 is 1.14 bits per heavy atom. The zero-order valence-electron chi connectivity index (χ0n) is 35.2. The Morgan fingerprint density at radius 3 is 1.66 bits per heavy atom. The number of phenols is 2. The van der Waals surface area contributed by atoms with Gasteiger partial charge in [0.2, 0.25) is 0 Å². The van der Waals surface area contributed by atoms with Crippen molar-refractivity contribution in [1.29, 1.82) is 0 Å². The number of hydrogen-bond donors (Lipinski definition) is 3. The highest BCUT2D eigenvalue weighted by Crippen LogP contribution is 2.42. The molecule has 3 aromatic rings. The van der Waals surface area contributed by atoms with Crippen LogP contribution in [0, 0.1) is 12.8 Å². The van der Waals surface area contributed by atoms with Crippen molar-refractivity contribution in [1.82, 2.24) is 0 Å². The van der Waals surface area contributed by atoms with Crippen molar-refractivity contribution in [2.24, 2.45) is 5.92 Å². The van der Waals surface area contributed by atoms with E-state index in [2.05, 4.69) is 27.7 Å². The topological polar surface area (TPSA) is 163 Å². The number of carbonyl (C=O) groups excluding carboxylic acids is 6. The lowest BCUT2D eigenvalue weighted by Crippen LogP contribution is -2.34. The van der Waals surface area contributed by atoms with Gasteiger partial charge in [0.05, 0.1) is 23.1 Å². The molecule has 3 aliphatic rings. The van der Waals surface area contributed by atoms with Crippen LogP contribution in [0.2, 0.25) is 0 Å². The smallest absolute Gasteiger partial charge is 0.198 e. The second kappa shape index (κ2) is 22.6. The molecule has 2 atom stereocenters. The van der Waals surface area contributed by atoms with Gasteiger partial charge >= 0.3 is 0 Å². The van der Waals surface area contributed by atoms with E-state index >= 15 is 0 Å². The Labute approximate surface area is 343 Å². The Hall–Kier alpha value is -5.28. The third-order valence-electron chi connectivity index (χ3n) is 10.5. The molecule has 0 unspecified atom stereocenters. The number of aryl methyl sites for hydroxylation is 1. The first-order valence-corrected chi connectivity index (χ1v) is 20.8. The van der Waals surface area contributed by atoms with Gasteiger partial charge < -0.3 is 15.3 Å². The molecule has 58 heavy (non-hydrogen) atoms. The quantitative estimate of drug-likeness (QED) is 0.0935. The van der Waals surface area contributed by atoms with Crippen molar-refractivity contribution in [3.05, 3.63) is 116 Å². The molecule has 6 rings (SSSR count). The maximum absolute atomic E-state index is 12.5. The third kappa shape index (κ3) is 11.4. The van der Waals surface area contributed by atoms with Crippen LogP contribution in [0.25, 0.3) is 0 Å². The van der Waals surface area contributed by atoms with Crippen LogP contribution in [0.3, 0.4) is 0 Å². The predicted molar refractivity (Wildman–Crippen MR) is 227 cm³/mol. The number of allylic oxidation sites excluding steroid dienone is 3. The molecule has 0 saturated heterocycles. The van der Waals surface area contributed by atoms with Gasteiger partial charge in [-0.25, -0.2) is 0 Å². The molecule has 3 aliphatic carbocycles. The minimum Gasteiger partial charge on any atom is -0.507 e. The van der Waals surface area contributed by atoms with Crippen molar-refractivity contribution in [2.45, 2.75) is 132 Å². The Morgan fingerprint density at radius 1 is 0.603 bits per heavy atom. The van der Waals surface area contributed by atoms with Crippen LogP contribution in [-0.4, -0.2) is 50.0 Å². The summed E-state index contributed by atoms with van der Waals surface area (Å²) in [6, 6.07) is 9.90. The number of aliphatic hydroxyl groups excluding tert-OH is 1. The number of unbranched alkanes of at least 4 members (excludes halogenated alkanes) is 10. The van der Waals surface area contributed by atoms with Gasteiger partial charge in [0, 0.05) is 33.4 Å². The van der Waals surface area contributed by atoms with Gasteiger partial charge in [0.25, 0.3) is 0 Å². The molecular formula is C49H60O9. The maximum Gasteiger partial charge on any atom is 0.198 e. The van der Waals surface area contributed by atoms with Crippen molar-refractivity contribution in [3.63, 3.8) is 0 Å². The van der Waals surface area contributed by atoms with E-state index in [0.717, 1.165) is 0 Å². The average molecular weight is 793 g/mol. The van der Waals surface area contributed by atoms with E-state index in [9.17, 15) is 44.1 Å². The van der Waals surface area contributed by atoms with Gasteiger partial charge in [-0.15, -0.1) is 0 Å². The predicted octanol–water partition coefficient (Wildman–Crippen LogP) is 10.9. The number of carbonyl (C=O) groups is 6. The molecule has 0 bridgehead atoms. The normalized spacial score (nSPS) is 15.8. The number of aliphatic hydroxyl groups is 1. The molecule has 3 aromatic carbocycles. The van der Waals surface area contributed by atoms with E-state index in [-0.39, 0.29) is 79.1 Å². The van der Waals surface area contributed by atoms with Crippen LogP contribution in [-0.2, 0) is 4.79 Å². The summed E-state index contributed by atoms with van der Waals surface area (Å²) in [4.78, 5) is 72.4. The van der Waals surface area contributed by atoms with Crippen LogP contribution in [0.4, 0.5) is 0 Å². The van der Waals surface area contributed by atoms with Gasteiger partial charge in [0.1, 0.15) is 11.5 Å². The summed E-state index contributed by atoms with van der Waals surface area (Å²) in [7, 11) is 0. The summed E-state index contributed by atoms with van der Waals surface area (Å²) in [5, 5.41) is 30.1. The molecular weight excluding hydrogens is 733 g/mol. The van der Waals surface area contributed by atoms with Crippen molar-refractivity contribution in [2.75, 3.05) is 0 Å². The Bertz CT molecular complexity index is 2040. The summed E-state index contributed by atoms with van der Waals surface area (Å²) >= 11 is 0. The number of Topliss-reactive ketones (excluding diaryl/α,β-unsaturated/α-hetero) is 3. The van der Waals surface area contributed by atoms with Crippen molar-refractivity contribution < 1.29 is 44.1 Å². The molecule has 0 radical (unpaired) electrons. The number of hydrogen-bond acceptors (Lipinski definition) is 9. The number of aromatic hydroxyl groups is 2. The fraction of sp³-hybridized carbons (Fsp3) is 0.429. The Balaban J connectivity index is 0.000000228. The molecule has 310 valence electrons. The molecule has 0 heterocycles. The second-order valence-corrected chi connectivity index (χ2v) is 15.1. The van der Waals surface area contributed by atoms with Gasteiger partial charge in [-0.1, -0.05) is 129 Å². The lowest BCUT2D eigenvalue weighted by molar-refractivity contribution is -0.120. The minimum atomic E-state index is -1.21. The highest BCUT2D eigenvalue weighted by molar-refractivity contribution is 6.29. The zero-order valence-corrected chi connectivity index (χ0v) is 35.2. The minimum absolute atomic E-state index is 0.00774. The lowest BCUT2D eigenvalue weighted by atomic mass is 9.72. The van der Waals surface area contributed by atoms with Gasteiger partial charge in [0.15, 0.2) is 34.7 Å². The summed E-state index contributed by atoms with van der Waals surface area (Å²) in [5.41, 5.74) is 2.27. The number of rotatable bonds is 12. The molecule has 9 heteroatoms. The highest BCUT2D eigenvalue weighted by atomic mass is 16.3.